The molecule has 3 aliphatic rings. The summed E-state index contributed by atoms with van der Waals surface area (Å²) in [7, 11) is 6.69. The van der Waals surface area contributed by atoms with E-state index < -0.39 is 64.4 Å². The van der Waals surface area contributed by atoms with E-state index in [1.54, 1.807) is 39.2 Å². The van der Waals surface area contributed by atoms with E-state index in [0.29, 0.717) is 17.7 Å². The van der Waals surface area contributed by atoms with E-state index in [0.717, 1.165) is 6.42 Å². The van der Waals surface area contributed by atoms with Gasteiger partial charge in [-0.3, -0.25) is 28.9 Å². The van der Waals surface area contributed by atoms with E-state index in [9.17, 15) is 34.2 Å². The number of unbranched alkanes of at least 4 members (excludes halogenated alkanes) is 1. The number of Topliss-reactive ketones (excluding diaryl/α,β-unsaturated/α-hetero) is 4. The number of rotatable bonds is 4. The minimum atomic E-state index is -2.74. The average Bonchev–Trinajstić information content (AvgIpc) is 2.82. The molecule has 2 fully saturated rings. The number of phenolic OH excluding ortho intramolecular Hbond substituents is 1. The summed E-state index contributed by atoms with van der Waals surface area (Å²) in [6.45, 7) is 1.97. The molecule has 1 amide bonds. The van der Waals surface area contributed by atoms with Crippen LogP contribution in [-0.2, 0) is 25.6 Å². The van der Waals surface area contributed by atoms with Crippen LogP contribution in [0.1, 0.15) is 47.7 Å². The molecule has 0 spiro atoms. The Morgan fingerprint density at radius 3 is 2.37 bits per heavy atom. The molecule has 202 valence electrons. The van der Waals surface area contributed by atoms with E-state index >= 15 is 0 Å². The van der Waals surface area contributed by atoms with Crippen molar-refractivity contribution in [1.29, 1.82) is 0 Å². The number of nitrogens with zero attached hydrogens (tertiary/aromatic N) is 2. The predicted molar refractivity (Wildman–Crippen MR) is 137 cm³/mol. The highest BCUT2D eigenvalue weighted by molar-refractivity contribution is 6.32. The minimum absolute atomic E-state index is 0.00951. The fraction of sp³-hybridized carbons (Fsp3) is 0.536. The fourth-order valence-corrected chi connectivity index (χ4v) is 6.43. The standard InChI is InChI=1S/C28H33N3O7/c1-6-7-8-9-13-12-17(30(2)3)15-10-14-11-16-21(31(4)5)24(34)20(27(29)37)26(36)28(16,38)25(35)18(14)23(33)19(15)22(13)32/h12,14,16,18,20-21,32,38H,6-7,10-11H2,1-5H3,(H2,29,37)/t14-,16-,18?,20?,21-,28-/m0/s1. The summed E-state index contributed by atoms with van der Waals surface area (Å²) in [5.41, 5.74) is 4.01. The maximum atomic E-state index is 13.9. The van der Waals surface area contributed by atoms with E-state index in [-0.39, 0.29) is 29.7 Å². The molecular weight excluding hydrogens is 490 g/mol. The molecule has 10 nitrogen and oxygen atoms in total. The summed E-state index contributed by atoms with van der Waals surface area (Å²) in [4.78, 5) is 69.7. The summed E-state index contributed by atoms with van der Waals surface area (Å²) >= 11 is 0. The van der Waals surface area contributed by atoms with Crippen LogP contribution in [-0.4, -0.2) is 84.0 Å². The second-order valence-corrected chi connectivity index (χ2v) is 10.9. The van der Waals surface area contributed by atoms with Crippen molar-refractivity contribution < 1.29 is 34.2 Å². The van der Waals surface area contributed by atoms with Gasteiger partial charge in [0.25, 0.3) is 0 Å². The van der Waals surface area contributed by atoms with Gasteiger partial charge in [-0.05, 0) is 50.9 Å². The summed E-state index contributed by atoms with van der Waals surface area (Å²) in [5, 5.41) is 22.8. The van der Waals surface area contributed by atoms with Gasteiger partial charge in [-0.25, -0.2) is 0 Å². The Morgan fingerprint density at radius 2 is 1.82 bits per heavy atom. The number of phenols is 1. The second-order valence-electron chi connectivity index (χ2n) is 10.9. The molecule has 6 atom stereocenters. The van der Waals surface area contributed by atoms with Crippen molar-refractivity contribution in [2.24, 2.45) is 29.4 Å². The third kappa shape index (κ3) is 3.84. The number of carbonyl (C=O) groups is 5. The zero-order chi connectivity index (χ0) is 28.3. The zero-order valence-corrected chi connectivity index (χ0v) is 22.2. The maximum absolute atomic E-state index is 13.9. The Kier molecular flexibility index (Phi) is 6.97. The van der Waals surface area contributed by atoms with Gasteiger partial charge in [-0.1, -0.05) is 18.8 Å². The van der Waals surface area contributed by atoms with Crippen molar-refractivity contribution >= 4 is 34.7 Å². The van der Waals surface area contributed by atoms with Crippen LogP contribution >= 0.6 is 0 Å². The van der Waals surface area contributed by atoms with Crippen molar-refractivity contribution in [3.8, 4) is 17.6 Å². The van der Waals surface area contributed by atoms with Crippen LogP contribution < -0.4 is 10.6 Å². The molecule has 0 heterocycles. The van der Waals surface area contributed by atoms with Gasteiger partial charge in [0.05, 0.1) is 23.1 Å². The second kappa shape index (κ2) is 9.64. The lowest BCUT2D eigenvalue weighted by atomic mass is 9.52. The average molecular weight is 524 g/mol. The minimum Gasteiger partial charge on any atom is -0.506 e. The number of benzene rings is 1. The van der Waals surface area contributed by atoms with E-state index in [1.165, 1.54) is 4.90 Å². The fourth-order valence-electron chi connectivity index (χ4n) is 6.43. The van der Waals surface area contributed by atoms with E-state index in [1.807, 2.05) is 6.92 Å². The largest absolute Gasteiger partial charge is 0.506 e. The van der Waals surface area contributed by atoms with Crippen molar-refractivity contribution in [3.05, 3.63) is 22.8 Å². The molecule has 1 aromatic rings. The van der Waals surface area contributed by atoms with E-state index in [4.69, 9.17) is 5.73 Å². The number of amides is 1. The molecule has 4 rings (SSSR count). The summed E-state index contributed by atoms with van der Waals surface area (Å²) in [6, 6.07) is 0.577. The number of aliphatic hydroxyl groups is 1. The molecule has 4 N–H and O–H groups in total. The lowest BCUT2D eigenvalue weighted by molar-refractivity contribution is -0.181. The molecular formula is C28H33N3O7. The van der Waals surface area contributed by atoms with Gasteiger partial charge in [0.1, 0.15) is 5.75 Å². The monoisotopic (exact) mass is 523 g/mol. The van der Waals surface area contributed by atoms with Crippen molar-refractivity contribution in [2.75, 3.05) is 33.1 Å². The van der Waals surface area contributed by atoms with Gasteiger partial charge in [-0.2, -0.15) is 0 Å². The molecule has 2 saturated carbocycles. The molecule has 0 saturated heterocycles. The zero-order valence-electron chi connectivity index (χ0n) is 22.2. The highest BCUT2D eigenvalue weighted by Gasteiger charge is 2.69. The Labute approximate surface area is 221 Å². The molecule has 10 heteroatoms. The number of fused-ring (bicyclic) bond motifs is 3. The Bertz CT molecular complexity index is 1320. The molecule has 38 heavy (non-hydrogen) atoms. The summed E-state index contributed by atoms with van der Waals surface area (Å²) in [6.07, 6.45) is 1.62. The highest BCUT2D eigenvalue weighted by Crippen LogP contribution is 2.52. The van der Waals surface area contributed by atoms with Crippen LogP contribution in [0.15, 0.2) is 6.07 Å². The molecule has 0 bridgehead atoms. The van der Waals surface area contributed by atoms with Gasteiger partial charge in [0.15, 0.2) is 34.7 Å². The number of hydrogen-bond acceptors (Lipinski definition) is 9. The normalized spacial score (nSPS) is 30.2. The van der Waals surface area contributed by atoms with Gasteiger partial charge >= 0.3 is 0 Å². The lowest BCUT2D eigenvalue weighted by Gasteiger charge is -2.52. The lowest BCUT2D eigenvalue weighted by Crippen LogP contribution is -2.74. The number of likely N-dealkylation sites (N-methyl/N-ethyl adjacent to an activating group) is 1. The Hall–Kier alpha value is -3.55. The number of nitrogens with two attached hydrogens (primary N) is 1. The van der Waals surface area contributed by atoms with Gasteiger partial charge in [0.2, 0.25) is 5.91 Å². The van der Waals surface area contributed by atoms with Crippen molar-refractivity contribution in [1.82, 2.24) is 4.90 Å². The molecule has 1 aromatic carbocycles. The molecule has 0 aliphatic heterocycles. The summed E-state index contributed by atoms with van der Waals surface area (Å²) < 4.78 is 0. The number of hydrogen-bond donors (Lipinski definition) is 3. The number of ketones is 4. The first-order valence-electron chi connectivity index (χ1n) is 12.7. The van der Waals surface area contributed by atoms with Gasteiger partial charge in [0, 0.05) is 32.1 Å². The van der Waals surface area contributed by atoms with Gasteiger partial charge < -0.3 is 20.8 Å². The van der Waals surface area contributed by atoms with Crippen LogP contribution in [0.5, 0.6) is 5.75 Å². The number of primary amides is 1. The topological polar surface area (TPSA) is 158 Å². The quantitative estimate of drug-likeness (QED) is 0.367. The third-order valence-corrected chi connectivity index (χ3v) is 8.12. The molecule has 0 radical (unpaired) electrons. The molecule has 0 aromatic heterocycles. The first kappa shape index (κ1) is 27.5. The number of aromatic hydroxyl groups is 1. The van der Waals surface area contributed by atoms with Crippen LogP contribution in [0.3, 0.4) is 0 Å². The Morgan fingerprint density at radius 1 is 1.16 bits per heavy atom. The Balaban J connectivity index is 1.90. The van der Waals surface area contributed by atoms with Crippen LogP contribution in [0.2, 0.25) is 0 Å². The van der Waals surface area contributed by atoms with Crippen LogP contribution in [0.25, 0.3) is 0 Å². The van der Waals surface area contributed by atoms with Crippen molar-refractivity contribution in [2.45, 2.75) is 44.2 Å². The first-order chi connectivity index (χ1) is 17.8. The van der Waals surface area contributed by atoms with Crippen LogP contribution in [0, 0.1) is 35.5 Å². The summed E-state index contributed by atoms with van der Waals surface area (Å²) in [5.74, 6) is -4.77. The number of anilines is 1. The predicted octanol–water partition coefficient (Wildman–Crippen LogP) is 0.0846. The van der Waals surface area contributed by atoms with Gasteiger partial charge in [-0.15, -0.1) is 0 Å². The third-order valence-electron chi connectivity index (χ3n) is 8.12. The van der Waals surface area contributed by atoms with Crippen LogP contribution in [0.4, 0.5) is 5.69 Å². The van der Waals surface area contributed by atoms with E-state index in [2.05, 4.69) is 11.8 Å². The SMILES string of the molecule is CCCC#Cc1cc(N(C)C)c2c(c1O)C(=O)C1C(=O)[C@]3(O)C(=O)C(C(N)=O)C(=O)[C@@H](N(C)C)[C@@H]3C[C@@H]1C2. The maximum Gasteiger partial charge on any atom is 0.235 e. The first-order valence-corrected chi connectivity index (χ1v) is 12.7. The number of carbonyl (C=O) groups excluding carboxylic acids is 5. The molecule has 2 unspecified atom stereocenters. The molecule has 3 aliphatic carbocycles. The smallest absolute Gasteiger partial charge is 0.235 e. The highest BCUT2D eigenvalue weighted by atomic mass is 16.3. The van der Waals surface area contributed by atoms with Crippen molar-refractivity contribution in [3.63, 3.8) is 0 Å².